The molecule has 186 valence electrons. The van der Waals surface area contributed by atoms with Gasteiger partial charge in [-0.3, -0.25) is 4.79 Å². The predicted molar refractivity (Wildman–Crippen MR) is 144 cm³/mol. The highest BCUT2D eigenvalue weighted by atomic mass is 16.5. The van der Waals surface area contributed by atoms with Crippen molar-refractivity contribution < 1.29 is 13.9 Å². The van der Waals surface area contributed by atoms with E-state index in [1.807, 2.05) is 24.3 Å². The van der Waals surface area contributed by atoms with Crippen LogP contribution < -0.4 is 15.7 Å². The second kappa shape index (κ2) is 11.7. The average Bonchev–Trinajstić information content (AvgIpc) is 2.90. The Morgan fingerprint density at radius 3 is 2.50 bits per heavy atom. The molecule has 0 saturated carbocycles. The van der Waals surface area contributed by atoms with E-state index in [1.54, 1.807) is 24.3 Å². The summed E-state index contributed by atoms with van der Waals surface area (Å²) in [5.74, 6) is 0.200. The van der Waals surface area contributed by atoms with Gasteiger partial charge >= 0.3 is 5.63 Å². The van der Waals surface area contributed by atoms with Gasteiger partial charge in [0.2, 0.25) is 0 Å². The van der Waals surface area contributed by atoms with Crippen LogP contribution in [-0.4, -0.2) is 37.0 Å². The number of amides is 1. The number of hydrogen-bond donors (Lipinski definition) is 1. The van der Waals surface area contributed by atoms with Crippen molar-refractivity contribution >= 4 is 16.9 Å². The van der Waals surface area contributed by atoms with E-state index in [-0.39, 0.29) is 5.56 Å². The Morgan fingerprint density at radius 1 is 0.972 bits per heavy atom. The van der Waals surface area contributed by atoms with Gasteiger partial charge in [0.25, 0.3) is 5.91 Å². The van der Waals surface area contributed by atoms with E-state index in [0.29, 0.717) is 29.9 Å². The molecule has 0 fully saturated rings. The van der Waals surface area contributed by atoms with Crippen LogP contribution in [-0.2, 0) is 6.61 Å². The van der Waals surface area contributed by atoms with Gasteiger partial charge in [-0.1, -0.05) is 62.4 Å². The van der Waals surface area contributed by atoms with Gasteiger partial charge in [-0.2, -0.15) is 0 Å². The number of rotatable bonds is 10. The number of hydrogen-bond acceptors (Lipinski definition) is 5. The van der Waals surface area contributed by atoms with Crippen molar-refractivity contribution in [3.63, 3.8) is 0 Å². The molecule has 1 aromatic heterocycles. The van der Waals surface area contributed by atoms with Crippen molar-refractivity contribution in [2.45, 2.75) is 27.4 Å². The van der Waals surface area contributed by atoms with Crippen LogP contribution in [0.5, 0.6) is 5.75 Å². The van der Waals surface area contributed by atoms with Gasteiger partial charge in [-0.15, -0.1) is 0 Å². The average molecular weight is 485 g/mol. The van der Waals surface area contributed by atoms with E-state index in [0.717, 1.165) is 25.2 Å². The van der Waals surface area contributed by atoms with Crippen LogP contribution in [0.2, 0.25) is 0 Å². The molecule has 0 aliphatic carbocycles. The SMILES string of the molecule is CCN(CC)CCNC(=O)c1cc2cc(OCc3cccc(-c4ccccc4)c3C)ccc2oc1=O. The van der Waals surface area contributed by atoms with Gasteiger partial charge in [0, 0.05) is 18.5 Å². The maximum Gasteiger partial charge on any atom is 0.349 e. The molecule has 0 radical (unpaired) electrons. The minimum Gasteiger partial charge on any atom is -0.489 e. The van der Waals surface area contributed by atoms with Crippen LogP contribution in [0, 0.1) is 6.92 Å². The molecular formula is C30H32N2O4. The zero-order chi connectivity index (χ0) is 25.5. The molecule has 0 bridgehead atoms. The molecule has 36 heavy (non-hydrogen) atoms. The topological polar surface area (TPSA) is 71.8 Å². The summed E-state index contributed by atoms with van der Waals surface area (Å²) >= 11 is 0. The number of carbonyl (C=O) groups is 1. The van der Waals surface area contributed by atoms with Crippen LogP contribution in [0.4, 0.5) is 0 Å². The highest BCUT2D eigenvalue weighted by Crippen LogP contribution is 2.27. The second-order valence-corrected chi connectivity index (χ2v) is 8.67. The molecule has 0 aliphatic heterocycles. The molecule has 4 rings (SSSR count). The fraction of sp³-hybridized carbons (Fsp3) is 0.267. The number of nitrogens with zero attached hydrogens (tertiary/aromatic N) is 1. The second-order valence-electron chi connectivity index (χ2n) is 8.67. The first-order valence-electron chi connectivity index (χ1n) is 12.3. The Kier molecular flexibility index (Phi) is 8.18. The third kappa shape index (κ3) is 5.83. The summed E-state index contributed by atoms with van der Waals surface area (Å²) in [5, 5.41) is 3.45. The Morgan fingerprint density at radius 2 is 1.75 bits per heavy atom. The number of fused-ring (bicyclic) bond motifs is 1. The molecular weight excluding hydrogens is 452 g/mol. The molecule has 1 heterocycles. The van der Waals surface area contributed by atoms with Gasteiger partial charge < -0.3 is 19.4 Å². The molecule has 4 aromatic rings. The van der Waals surface area contributed by atoms with Gasteiger partial charge in [-0.25, -0.2) is 4.79 Å². The first-order valence-corrected chi connectivity index (χ1v) is 12.3. The smallest absolute Gasteiger partial charge is 0.349 e. The third-order valence-corrected chi connectivity index (χ3v) is 6.48. The first-order chi connectivity index (χ1) is 17.5. The maximum atomic E-state index is 12.6. The van der Waals surface area contributed by atoms with Gasteiger partial charge in [-0.05, 0) is 66.5 Å². The molecule has 0 unspecified atom stereocenters. The van der Waals surface area contributed by atoms with E-state index < -0.39 is 11.5 Å². The molecule has 0 atom stereocenters. The van der Waals surface area contributed by atoms with Gasteiger partial charge in [0.15, 0.2) is 0 Å². The van der Waals surface area contributed by atoms with Gasteiger partial charge in [0.1, 0.15) is 23.5 Å². The standard InChI is InChI=1S/C30H32N2O4/c1-4-32(5-2)17-16-31-29(33)27-19-24-18-25(14-15-28(24)36-30(27)34)35-20-23-12-9-13-26(21(23)3)22-10-7-6-8-11-22/h6-15,18-19H,4-5,16-17,20H2,1-3H3,(H,31,33). The van der Waals surface area contributed by atoms with Crippen molar-refractivity contribution in [1.29, 1.82) is 0 Å². The van der Waals surface area contributed by atoms with E-state index >= 15 is 0 Å². The van der Waals surface area contributed by atoms with Crippen LogP contribution in [0.1, 0.15) is 35.3 Å². The summed E-state index contributed by atoms with van der Waals surface area (Å²) < 4.78 is 11.5. The van der Waals surface area contributed by atoms with Crippen LogP contribution in [0.25, 0.3) is 22.1 Å². The quantitative estimate of drug-likeness (QED) is 0.304. The van der Waals surface area contributed by atoms with E-state index in [2.05, 4.69) is 55.3 Å². The van der Waals surface area contributed by atoms with Crippen LogP contribution in [0.15, 0.2) is 82.0 Å². The fourth-order valence-electron chi connectivity index (χ4n) is 4.24. The summed E-state index contributed by atoms with van der Waals surface area (Å²) in [5.41, 5.74) is 4.35. The Hall–Kier alpha value is -3.90. The lowest BCUT2D eigenvalue weighted by Crippen LogP contribution is -2.36. The third-order valence-electron chi connectivity index (χ3n) is 6.48. The normalized spacial score (nSPS) is 11.1. The van der Waals surface area contributed by atoms with Crippen molar-refractivity contribution in [2.24, 2.45) is 0 Å². The van der Waals surface area contributed by atoms with Crippen LogP contribution in [0.3, 0.4) is 0 Å². The lowest BCUT2D eigenvalue weighted by molar-refractivity contribution is 0.0945. The Balaban J connectivity index is 1.49. The highest BCUT2D eigenvalue weighted by Gasteiger charge is 2.14. The van der Waals surface area contributed by atoms with Crippen molar-refractivity contribution in [3.05, 3.63) is 99.9 Å². The zero-order valence-electron chi connectivity index (χ0n) is 21.0. The molecule has 0 saturated heterocycles. The molecule has 3 aromatic carbocycles. The lowest BCUT2D eigenvalue weighted by Gasteiger charge is -2.17. The van der Waals surface area contributed by atoms with E-state index in [9.17, 15) is 9.59 Å². The monoisotopic (exact) mass is 484 g/mol. The number of carbonyl (C=O) groups excluding carboxylic acids is 1. The summed E-state index contributed by atoms with van der Waals surface area (Å²) in [4.78, 5) is 27.2. The predicted octanol–water partition coefficient (Wildman–Crippen LogP) is 5.42. The molecule has 6 nitrogen and oxygen atoms in total. The minimum absolute atomic E-state index is 0.00870. The van der Waals surface area contributed by atoms with E-state index in [4.69, 9.17) is 9.15 Å². The number of nitrogens with one attached hydrogen (secondary N) is 1. The highest BCUT2D eigenvalue weighted by molar-refractivity contribution is 5.96. The van der Waals surface area contributed by atoms with Crippen molar-refractivity contribution in [2.75, 3.05) is 26.2 Å². The largest absolute Gasteiger partial charge is 0.489 e. The van der Waals surface area contributed by atoms with Crippen LogP contribution >= 0.6 is 0 Å². The van der Waals surface area contributed by atoms with Crippen molar-refractivity contribution in [3.8, 4) is 16.9 Å². The Bertz CT molecular complexity index is 1390. The number of ether oxygens (including phenoxy) is 1. The van der Waals surface area contributed by atoms with Gasteiger partial charge in [0.05, 0.1) is 0 Å². The summed E-state index contributed by atoms with van der Waals surface area (Å²) in [7, 11) is 0. The molecule has 1 amide bonds. The maximum absolute atomic E-state index is 12.6. The first kappa shape index (κ1) is 25.2. The minimum atomic E-state index is -0.648. The van der Waals surface area contributed by atoms with Crippen molar-refractivity contribution in [1.82, 2.24) is 10.2 Å². The number of benzene rings is 3. The molecule has 1 N–H and O–H groups in total. The number of likely N-dealkylation sites (N-methyl/N-ethyl adjacent to an activating group) is 1. The molecule has 0 aliphatic rings. The molecule has 6 heteroatoms. The summed E-state index contributed by atoms with van der Waals surface area (Å²) in [6.07, 6.45) is 0. The summed E-state index contributed by atoms with van der Waals surface area (Å²) in [6.45, 7) is 9.64. The Labute approximate surface area is 211 Å². The zero-order valence-corrected chi connectivity index (χ0v) is 21.0. The fourth-order valence-corrected chi connectivity index (χ4v) is 4.24. The molecule has 0 spiro atoms. The lowest BCUT2D eigenvalue weighted by atomic mass is 9.97. The summed E-state index contributed by atoms with van der Waals surface area (Å²) in [6, 6.07) is 23.3. The van der Waals surface area contributed by atoms with E-state index in [1.165, 1.54) is 16.7 Å².